The highest BCUT2D eigenvalue weighted by Crippen LogP contribution is 2.39. The molecule has 2 aromatic heterocycles. The molecule has 1 aliphatic heterocycles. The fourth-order valence-corrected chi connectivity index (χ4v) is 7.89. The zero-order chi connectivity index (χ0) is 38.1. The molecule has 0 N–H and O–H groups in total. The fourth-order valence-electron chi connectivity index (χ4n) is 7.89. The summed E-state index contributed by atoms with van der Waals surface area (Å²) in [5, 5.41) is 2.26. The second-order valence-electron chi connectivity index (χ2n) is 14.2. The van der Waals surface area contributed by atoms with Crippen molar-refractivity contribution in [1.82, 2.24) is 19.5 Å². The van der Waals surface area contributed by atoms with Crippen LogP contribution in [-0.4, -0.2) is 26.1 Å². The van der Waals surface area contributed by atoms with Crippen LogP contribution in [0.4, 0.5) is 11.4 Å². The number of para-hydroxylation sites is 2. The summed E-state index contributed by atoms with van der Waals surface area (Å²) in [5.41, 5.74) is 14.2. The minimum Gasteiger partial charge on any atom is -0.337 e. The Labute approximate surface area is 331 Å². The van der Waals surface area contributed by atoms with Crippen LogP contribution in [0.1, 0.15) is 5.56 Å². The molecule has 270 valence electrons. The van der Waals surface area contributed by atoms with Crippen molar-refractivity contribution < 1.29 is 0 Å². The van der Waals surface area contributed by atoms with E-state index in [1.165, 1.54) is 11.1 Å². The first-order valence-electron chi connectivity index (χ1n) is 19.2. The van der Waals surface area contributed by atoms with Crippen LogP contribution in [0.15, 0.2) is 207 Å². The maximum Gasteiger partial charge on any atom is 0.238 e. The van der Waals surface area contributed by atoms with Gasteiger partial charge < -0.3 is 4.90 Å². The van der Waals surface area contributed by atoms with Gasteiger partial charge in [-0.25, -0.2) is 9.97 Å². The molecule has 0 amide bonds. The van der Waals surface area contributed by atoms with Crippen LogP contribution in [0.3, 0.4) is 0 Å². The molecule has 3 heterocycles. The van der Waals surface area contributed by atoms with Gasteiger partial charge in [-0.15, -0.1) is 0 Å². The fraction of sp³-hybridized carbons (Fsp3) is 0.0192. The first-order chi connectivity index (χ1) is 28.2. The summed E-state index contributed by atoms with van der Waals surface area (Å²) in [6.07, 6.45) is 10.1. The van der Waals surface area contributed by atoms with Crippen molar-refractivity contribution in [2.45, 2.75) is 0 Å². The zero-order valence-electron chi connectivity index (χ0n) is 31.2. The molecule has 5 nitrogen and oxygen atoms in total. The zero-order valence-corrected chi connectivity index (χ0v) is 31.2. The van der Waals surface area contributed by atoms with Crippen LogP contribution in [-0.2, 0) is 0 Å². The van der Waals surface area contributed by atoms with Crippen molar-refractivity contribution in [3.63, 3.8) is 0 Å². The molecule has 1 aliphatic rings. The van der Waals surface area contributed by atoms with Crippen LogP contribution in [0.25, 0.3) is 78.1 Å². The van der Waals surface area contributed by atoms with E-state index in [9.17, 15) is 0 Å². The molecule has 0 saturated carbocycles. The molecular weight excluding hydrogens is 695 g/mol. The van der Waals surface area contributed by atoms with E-state index in [4.69, 9.17) is 9.97 Å². The van der Waals surface area contributed by atoms with Gasteiger partial charge >= 0.3 is 0 Å². The molecule has 0 fully saturated rings. The van der Waals surface area contributed by atoms with Gasteiger partial charge in [-0.2, -0.15) is 4.98 Å². The Kier molecular flexibility index (Phi) is 8.65. The molecule has 0 atom stereocenters. The number of hydrogen-bond donors (Lipinski definition) is 0. The van der Waals surface area contributed by atoms with E-state index in [-0.39, 0.29) is 0 Å². The first-order valence-corrected chi connectivity index (χ1v) is 19.2. The summed E-state index contributed by atoms with van der Waals surface area (Å²) in [4.78, 5) is 16.8. The van der Waals surface area contributed by atoms with Crippen LogP contribution in [0.5, 0.6) is 0 Å². The van der Waals surface area contributed by atoms with Crippen molar-refractivity contribution >= 4 is 38.8 Å². The smallest absolute Gasteiger partial charge is 0.238 e. The molecule has 5 heteroatoms. The van der Waals surface area contributed by atoms with Gasteiger partial charge in [0, 0.05) is 39.8 Å². The molecule has 57 heavy (non-hydrogen) atoms. The highest BCUT2D eigenvalue weighted by molar-refractivity contribution is 6.10. The lowest BCUT2D eigenvalue weighted by molar-refractivity contribution is 0.947. The predicted molar refractivity (Wildman–Crippen MR) is 237 cm³/mol. The normalized spacial score (nSPS) is 13.8. The summed E-state index contributed by atoms with van der Waals surface area (Å²) < 4.78 is 2.15. The Morgan fingerprint density at radius 3 is 1.96 bits per heavy atom. The average molecular weight is 732 g/mol. The van der Waals surface area contributed by atoms with Crippen LogP contribution >= 0.6 is 0 Å². The Hall–Kier alpha value is -7.63. The van der Waals surface area contributed by atoms with Crippen molar-refractivity contribution in [2.24, 2.45) is 0 Å². The number of hydrogen-bond acceptors (Lipinski definition) is 4. The van der Waals surface area contributed by atoms with Crippen molar-refractivity contribution in [1.29, 1.82) is 0 Å². The van der Waals surface area contributed by atoms with Crippen LogP contribution in [0, 0.1) is 0 Å². The molecule has 0 bridgehead atoms. The molecule has 0 spiro atoms. The average Bonchev–Trinajstić information content (AvgIpc) is 3.65. The molecule has 0 saturated heterocycles. The minimum atomic E-state index is 0.575. The Balaban J connectivity index is 1.02. The van der Waals surface area contributed by atoms with Crippen LogP contribution < -0.4 is 4.90 Å². The molecule has 9 aromatic rings. The van der Waals surface area contributed by atoms with E-state index in [0.717, 1.165) is 78.7 Å². The Bertz CT molecular complexity index is 2990. The molecule has 0 aliphatic carbocycles. The van der Waals surface area contributed by atoms with Gasteiger partial charge in [0.25, 0.3) is 0 Å². The largest absolute Gasteiger partial charge is 0.337 e. The highest BCUT2D eigenvalue weighted by Gasteiger charge is 2.19. The number of benzene rings is 7. The molecule has 10 rings (SSSR count). The summed E-state index contributed by atoms with van der Waals surface area (Å²) in [7, 11) is 0. The number of anilines is 2. The third kappa shape index (κ3) is 6.41. The Morgan fingerprint density at radius 2 is 1.12 bits per heavy atom. The number of aromatic nitrogens is 4. The molecular formula is C52H37N5. The lowest BCUT2D eigenvalue weighted by Gasteiger charge is -2.27. The van der Waals surface area contributed by atoms with Crippen molar-refractivity contribution in [3.05, 3.63) is 213 Å². The van der Waals surface area contributed by atoms with Gasteiger partial charge in [-0.3, -0.25) is 4.57 Å². The number of nitrogens with zero attached hydrogens (tertiary/aromatic N) is 5. The SMILES string of the molecule is C=C1/C=C\C=C/CN(c2ccccc2)c2ccc(-c3ccc4c(c3)c3ccccc3n4-c3ncnc(-c4cccc(-c5ccc(-c6ccccc6)cc5)c4)n3)cc21. The predicted octanol–water partition coefficient (Wildman–Crippen LogP) is 12.9. The number of rotatable bonds is 6. The van der Waals surface area contributed by atoms with E-state index >= 15 is 0 Å². The minimum absolute atomic E-state index is 0.575. The standard InChI is InChI=1S/C52H37N5/c1-36-14-5-4-12-31-56(44-19-8-3-9-20-44)48-29-27-41(33-46(36)48)42-28-30-50-47(34-42)45-21-10-11-22-49(45)57(50)52-54-35-53-51(55-52)43-18-13-17-40(32-43)39-25-23-38(24-26-39)37-15-6-2-7-16-37/h2-30,32-35H,1,31H2/b12-4-,14-5-. The van der Waals surface area contributed by atoms with Gasteiger partial charge in [0.05, 0.1) is 11.0 Å². The number of allylic oxidation sites excluding steroid dienone is 4. The molecule has 0 radical (unpaired) electrons. The van der Waals surface area contributed by atoms with E-state index < -0.39 is 0 Å². The summed E-state index contributed by atoms with van der Waals surface area (Å²) >= 11 is 0. The van der Waals surface area contributed by atoms with Gasteiger partial charge in [0.1, 0.15) is 6.33 Å². The quantitative estimate of drug-likeness (QED) is 0.171. The maximum absolute atomic E-state index is 5.08. The van der Waals surface area contributed by atoms with Crippen LogP contribution in [0.2, 0.25) is 0 Å². The molecule has 0 unspecified atom stereocenters. The summed E-state index contributed by atoms with van der Waals surface area (Å²) in [6, 6.07) is 59.9. The van der Waals surface area contributed by atoms with Crippen molar-refractivity contribution in [2.75, 3.05) is 11.4 Å². The third-order valence-electron chi connectivity index (χ3n) is 10.7. The molecule has 7 aromatic carbocycles. The van der Waals surface area contributed by atoms with E-state index in [2.05, 4.69) is 209 Å². The summed E-state index contributed by atoms with van der Waals surface area (Å²) in [6.45, 7) is 5.24. The Morgan fingerprint density at radius 1 is 0.491 bits per heavy atom. The van der Waals surface area contributed by atoms with Gasteiger partial charge in [-0.1, -0.05) is 152 Å². The topological polar surface area (TPSA) is 46.8 Å². The lowest BCUT2D eigenvalue weighted by atomic mass is 9.96. The third-order valence-corrected chi connectivity index (χ3v) is 10.7. The van der Waals surface area contributed by atoms with Gasteiger partial charge in [0.2, 0.25) is 5.95 Å². The van der Waals surface area contributed by atoms with Gasteiger partial charge in [-0.05, 0) is 87.5 Å². The van der Waals surface area contributed by atoms with E-state index in [1.54, 1.807) is 6.33 Å². The monoisotopic (exact) mass is 731 g/mol. The summed E-state index contributed by atoms with van der Waals surface area (Å²) in [5.74, 6) is 1.20. The van der Waals surface area contributed by atoms with E-state index in [1.807, 2.05) is 6.07 Å². The van der Waals surface area contributed by atoms with E-state index in [0.29, 0.717) is 11.8 Å². The van der Waals surface area contributed by atoms with Gasteiger partial charge in [0.15, 0.2) is 5.82 Å². The first kappa shape index (κ1) is 33.9. The van der Waals surface area contributed by atoms with Crippen molar-refractivity contribution in [3.8, 4) is 50.7 Å². The lowest BCUT2D eigenvalue weighted by Crippen LogP contribution is -2.18. The second-order valence-corrected chi connectivity index (χ2v) is 14.2. The highest BCUT2D eigenvalue weighted by atomic mass is 15.2. The second kappa shape index (κ2) is 14.5. The maximum atomic E-state index is 5.08. The number of fused-ring (bicyclic) bond motifs is 4.